The molecule has 0 bridgehead atoms. The zero-order valence-corrected chi connectivity index (χ0v) is 15.5. The maximum Gasteiger partial charge on any atom is 0.227 e. The summed E-state index contributed by atoms with van der Waals surface area (Å²) < 4.78 is 15.9. The van der Waals surface area contributed by atoms with E-state index in [1.165, 1.54) is 0 Å². The van der Waals surface area contributed by atoms with Gasteiger partial charge >= 0.3 is 0 Å². The van der Waals surface area contributed by atoms with E-state index < -0.39 is 0 Å². The Morgan fingerprint density at radius 3 is 2.59 bits per heavy atom. The molecule has 7 nitrogen and oxygen atoms in total. The lowest BCUT2D eigenvalue weighted by Gasteiger charge is -2.17. The minimum Gasteiger partial charge on any atom is -0.497 e. The Labute approximate surface area is 157 Å². The van der Waals surface area contributed by atoms with Crippen LogP contribution in [0, 0.1) is 0 Å². The first kappa shape index (κ1) is 18.4. The molecule has 0 N–H and O–H groups in total. The number of methoxy groups -OCH3 is 2. The number of hydrogen-bond donors (Lipinski definition) is 0. The Morgan fingerprint density at radius 2 is 1.89 bits per heavy atom. The maximum absolute atomic E-state index is 12.6. The number of nitrogens with zero attached hydrogens (tertiary/aromatic N) is 3. The summed E-state index contributed by atoms with van der Waals surface area (Å²) in [5.41, 5.74) is 2.39. The van der Waals surface area contributed by atoms with E-state index in [2.05, 4.69) is 10.1 Å². The van der Waals surface area contributed by atoms with Crippen molar-refractivity contribution in [3.63, 3.8) is 0 Å². The SMILES string of the molecule is COc1ccc(OC)c(CC(=O)N(C)Cc2cc(-c3ccncc3)no2)c1. The Bertz CT molecular complexity index is 909. The Balaban J connectivity index is 1.67. The predicted molar refractivity (Wildman–Crippen MR) is 99.5 cm³/mol. The fourth-order valence-electron chi connectivity index (χ4n) is 2.69. The van der Waals surface area contributed by atoms with Crippen LogP contribution in [-0.4, -0.2) is 42.2 Å². The molecule has 0 atom stereocenters. The third-order valence-electron chi connectivity index (χ3n) is 4.18. The van der Waals surface area contributed by atoms with Crippen LogP contribution >= 0.6 is 0 Å². The van der Waals surface area contributed by atoms with Gasteiger partial charge in [-0.2, -0.15) is 0 Å². The number of hydrogen-bond acceptors (Lipinski definition) is 6. The molecule has 0 fully saturated rings. The van der Waals surface area contributed by atoms with E-state index in [1.807, 2.05) is 18.2 Å². The van der Waals surface area contributed by atoms with E-state index in [1.54, 1.807) is 56.8 Å². The van der Waals surface area contributed by atoms with Gasteiger partial charge < -0.3 is 18.9 Å². The highest BCUT2D eigenvalue weighted by Crippen LogP contribution is 2.25. The number of pyridine rings is 1. The fraction of sp³-hybridized carbons (Fsp3) is 0.250. The molecule has 2 aromatic heterocycles. The van der Waals surface area contributed by atoms with E-state index in [4.69, 9.17) is 14.0 Å². The number of aromatic nitrogens is 2. The average molecular weight is 367 g/mol. The van der Waals surface area contributed by atoms with Crippen LogP contribution < -0.4 is 9.47 Å². The normalized spacial score (nSPS) is 10.5. The summed E-state index contributed by atoms with van der Waals surface area (Å²) in [6.07, 6.45) is 3.59. The average Bonchev–Trinajstić information content (AvgIpc) is 3.17. The lowest BCUT2D eigenvalue weighted by molar-refractivity contribution is -0.130. The standard InChI is InChI=1S/C20H21N3O4/c1-23(13-17-12-18(22-27-17)14-6-8-21-9-7-14)20(24)11-15-10-16(25-2)4-5-19(15)26-3/h4-10,12H,11,13H2,1-3H3. The topological polar surface area (TPSA) is 77.7 Å². The number of carbonyl (C=O) groups is 1. The monoisotopic (exact) mass is 367 g/mol. The van der Waals surface area contributed by atoms with Crippen LogP contribution in [0.3, 0.4) is 0 Å². The highest BCUT2D eigenvalue weighted by Gasteiger charge is 2.16. The Morgan fingerprint density at radius 1 is 1.11 bits per heavy atom. The molecule has 1 aromatic carbocycles. The highest BCUT2D eigenvalue weighted by molar-refractivity contribution is 5.79. The van der Waals surface area contributed by atoms with Crippen molar-refractivity contribution in [2.45, 2.75) is 13.0 Å². The summed E-state index contributed by atoms with van der Waals surface area (Å²) in [5, 5.41) is 4.06. The number of ether oxygens (including phenoxy) is 2. The first-order chi connectivity index (χ1) is 13.1. The summed E-state index contributed by atoms with van der Waals surface area (Å²) in [7, 11) is 4.89. The summed E-state index contributed by atoms with van der Waals surface area (Å²) >= 11 is 0. The van der Waals surface area contributed by atoms with Gasteiger partial charge in [0.1, 0.15) is 17.2 Å². The summed E-state index contributed by atoms with van der Waals surface area (Å²) in [6, 6.07) is 10.9. The molecule has 0 aliphatic carbocycles. The first-order valence-electron chi connectivity index (χ1n) is 8.41. The lowest BCUT2D eigenvalue weighted by atomic mass is 10.1. The van der Waals surface area contributed by atoms with Crippen LogP contribution in [0.25, 0.3) is 11.3 Å². The van der Waals surface area contributed by atoms with Gasteiger partial charge in [0.25, 0.3) is 0 Å². The molecule has 0 aliphatic rings. The molecule has 27 heavy (non-hydrogen) atoms. The van der Waals surface area contributed by atoms with Crippen molar-refractivity contribution < 1.29 is 18.8 Å². The Hall–Kier alpha value is -3.35. The van der Waals surface area contributed by atoms with Crippen molar-refractivity contribution in [2.24, 2.45) is 0 Å². The molecule has 3 rings (SSSR count). The van der Waals surface area contributed by atoms with Crippen molar-refractivity contribution in [3.05, 3.63) is 60.1 Å². The molecule has 2 heterocycles. The van der Waals surface area contributed by atoms with Crippen molar-refractivity contribution in [1.29, 1.82) is 0 Å². The van der Waals surface area contributed by atoms with Gasteiger partial charge in [-0.3, -0.25) is 9.78 Å². The molecular formula is C20H21N3O4. The third-order valence-corrected chi connectivity index (χ3v) is 4.18. The van der Waals surface area contributed by atoms with E-state index in [0.717, 1.165) is 11.1 Å². The molecule has 0 saturated carbocycles. The van der Waals surface area contributed by atoms with Gasteiger partial charge in [-0.05, 0) is 30.3 Å². The van der Waals surface area contributed by atoms with E-state index >= 15 is 0 Å². The van der Waals surface area contributed by atoms with Gasteiger partial charge in [0.2, 0.25) is 5.91 Å². The smallest absolute Gasteiger partial charge is 0.227 e. The van der Waals surface area contributed by atoms with E-state index in [9.17, 15) is 4.79 Å². The van der Waals surface area contributed by atoms with Crippen LogP contribution in [0.4, 0.5) is 0 Å². The van der Waals surface area contributed by atoms with Gasteiger partial charge in [-0.25, -0.2) is 0 Å². The molecule has 0 radical (unpaired) electrons. The van der Waals surface area contributed by atoms with E-state index in [0.29, 0.717) is 29.5 Å². The summed E-state index contributed by atoms with van der Waals surface area (Å²) in [6.45, 7) is 0.323. The number of benzene rings is 1. The third kappa shape index (κ3) is 4.44. The molecular weight excluding hydrogens is 346 g/mol. The molecule has 3 aromatic rings. The fourth-order valence-corrected chi connectivity index (χ4v) is 2.69. The minimum atomic E-state index is -0.0663. The van der Waals surface area contributed by atoms with Crippen LogP contribution in [0.1, 0.15) is 11.3 Å². The lowest BCUT2D eigenvalue weighted by Crippen LogP contribution is -2.27. The van der Waals surface area contributed by atoms with Crippen molar-refractivity contribution in [2.75, 3.05) is 21.3 Å². The highest BCUT2D eigenvalue weighted by atomic mass is 16.5. The number of likely N-dealkylation sites (N-methyl/N-ethyl adjacent to an activating group) is 1. The second-order valence-electron chi connectivity index (χ2n) is 6.02. The van der Waals surface area contributed by atoms with Gasteiger partial charge in [-0.1, -0.05) is 5.16 Å². The van der Waals surface area contributed by atoms with Gasteiger partial charge in [0.15, 0.2) is 5.76 Å². The molecule has 0 saturated heterocycles. The second-order valence-corrected chi connectivity index (χ2v) is 6.02. The first-order valence-corrected chi connectivity index (χ1v) is 8.41. The molecule has 1 amide bonds. The predicted octanol–water partition coefficient (Wildman–Crippen LogP) is 2.95. The largest absolute Gasteiger partial charge is 0.497 e. The van der Waals surface area contributed by atoms with Crippen LogP contribution in [-0.2, 0) is 17.8 Å². The molecule has 0 spiro atoms. The molecule has 0 aliphatic heterocycles. The minimum absolute atomic E-state index is 0.0663. The van der Waals surface area contributed by atoms with Crippen LogP contribution in [0.15, 0.2) is 53.3 Å². The van der Waals surface area contributed by atoms with Crippen molar-refractivity contribution in [3.8, 4) is 22.8 Å². The van der Waals surface area contributed by atoms with Crippen molar-refractivity contribution >= 4 is 5.91 Å². The van der Waals surface area contributed by atoms with Crippen LogP contribution in [0.2, 0.25) is 0 Å². The molecule has 140 valence electrons. The number of rotatable bonds is 7. The zero-order chi connectivity index (χ0) is 19.2. The van der Waals surface area contributed by atoms with E-state index in [-0.39, 0.29) is 12.3 Å². The zero-order valence-electron chi connectivity index (χ0n) is 15.5. The van der Waals surface area contributed by atoms with Crippen LogP contribution in [0.5, 0.6) is 11.5 Å². The van der Waals surface area contributed by atoms with Gasteiger partial charge in [-0.15, -0.1) is 0 Å². The maximum atomic E-state index is 12.6. The molecule has 7 heteroatoms. The van der Waals surface area contributed by atoms with Crippen molar-refractivity contribution in [1.82, 2.24) is 15.0 Å². The molecule has 0 unspecified atom stereocenters. The van der Waals surface area contributed by atoms with Gasteiger partial charge in [0.05, 0.1) is 27.2 Å². The summed E-state index contributed by atoms with van der Waals surface area (Å²) in [4.78, 5) is 18.2. The second kappa shape index (κ2) is 8.35. The van der Waals surface area contributed by atoms with Gasteiger partial charge in [0, 0.05) is 36.6 Å². The number of amides is 1. The summed E-state index contributed by atoms with van der Waals surface area (Å²) in [5.74, 6) is 1.87. The quantitative estimate of drug-likeness (QED) is 0.639. The Kier molecular flexibility index (Phi) is 5.71. The number of carbonyl (C=O) groups excluding carboxylic acids is 1.